The molecule has 7 rings (SSSR count). The van der Waals surface area contributed by atoms with E-state index in [9.17, 15) is 0 Å². The molecule has 0 radical (unpaired) electrons. The molecule has 0 aromatic heterocycles. The number of benzene rings is 6. The van der Waals surface area contributed by atoms with Gasteiger partial charge in [0.15, 0.2) is 7.14 Å². The van der Waals surface area contributed by atoms with Gasteiger partial charge in [0, 0.05) is 27.2 Å². The monoisotopic (exact) mass is 561 g/mol. The highest BCUT2D eigenvalue weighted by Gasteiger charge is 2.36. The van der Waals surface area contributed by atoms with E-state index >= 15 is 4.57 Å². The molecule has 1 unspecified atom stereocenters. The third-order valence-corrected chi connectivity index (χ3v) is 11.6. The summed E-state index contributed by atoms with van der Waals surface area (Å²) in [7, 11) is -3.23. The molecule has 0 bridgehead atoms. The maximum Gasteiger partial charge on any atom is 0.171 e. The predicted octanol–water partition coefficient (Wildman–Crippen LogP) is 9.00. The molecule has 6 aromatic carbocycles. The van der Waals surface area contributed by atoms with Gasteiger partial charge in [0.25, 0.3) is 0 Å². The van der Waals surface area contributed by atoms with E-state index in [1.165, 1.54) is 27.8 Å². The van der Waals surface area contributed by atoms with Crippen molar-refractivity contribution >= 4 is 45.6 Å². The van der Waals surface area contributed by atoms with Gasteiger partial charge in [0.05, 0.1) is 6.04 Å². The second-order valence-corrected chi connectivity index (χ2v) is 13.6. The van der Waals surface area contributed by atoms with E-state index in [1.54, 1.807) is 0 Å². The average Bonchev–Trinajstić information content (AvgIpc) is 3.06. The van der Waals surface area contributed by atoms with Crippen molar-refractivity contribution in [1.29, 1.82) is 0 Å². The van der Waals surface area contributed by atoms with Crippen LogP contribution in [0.1, 0.15) is 35.2 Å². The standard InChI is InChI=1S/C39H32NOP/c1-3-15-28-24-25-34-37-33-23-14-13-22-32(33)36(42(41,30-18-9-5-10-19-30)31-20-11-6-12-21-31)26-35(37)39(40-38(34)27(28)2)29-16-7-4-8-17-29/h3-26,39-40H,1-2H3/b15-3-. The quantitative estimate of drug-likeness (QED) is 0.213. The van der Waals surface area contributed by atoms with Gasteiger partial charge in [0.2, 0.25) is 0 Å². The summed E-state index contributed by atoms with van der Waals surface area (Å²) in [6.45, 7) is 4.25. The van der Waals surface area contributed by atoms with Crippen molar-refractivity contribution in [2.45, 2.75) is 19.9 Å². The van der Waals surface area contributed by atoms with Gasteiger partial charge in [-0.25, -0.2) is 0 Å². The molecule has 0 saturated heterocycles. The SMILES string of the molecule is C/C=C\c1ccc2c(c1C)NC(c1ccccc1)c1cc(P(=O)(c3ccccc3)c3ccccc3)c3ccccc3c1-2. The van der Waals surface area contributed by atoms with Crippen molar-refractivity contribution < 1.29 is 4.57 Å². The van der Waals surface area contributed by atoms with Gasteiger partial charge < -0.3 is 9.88 Å². The smallest absolute Gasteiger partial charge is 0.171 e. The summed E-state index contributed by atoms with van der Waals surface area (Å²) >= 11 is 0. The average molecular weight is 562 g/mol. The molecule has 0 saturated carbocycles. The minimum atomic E-state index is -3.23. The normalized spacial score (nSPS) is 14.4. The van der Waals surface area contributed by atoms with Crippen LogP contribution in [-0.4, -0.2) is 0 Å². The van der Waals surface area contributed by atoms with Crippen molar-refractivity contribution in [1.82, 2.24) is 0 Å². The van der Waals surface area contributed by atoms with E-state index in [2.05, 4.69) is 104 Å². The van der Waals surface area contributed by atoms with Crippen molar-refractivity contribution in [2.75, 3.05) is 5.32 Å². The Balaban J connectivity index is 1.62. The van der Waals surface area contributed by atoms with Crippen molar-refractivity contribution in [3.63, 3.8) is 0 Å². The molecular weight excluding hydrogens is 529 g/mol. The molecule has 204 valence electrons. The molecular formula is C39H32NOP. The van der Waals surface area contributed by atoms with E-state index in [1.807, 2.05) is 60.7 Å². The topological polar surface area (TPSA) is 29.1 Å². The van der Waals surface area contributed by atoms with Crippen LogP contribution in [0, 0.1) is 6.92 Å². The number of allylic oxidation sites excluding steroid dienone is 1. The molecule has 0 spiro atoms. The van der Waals surface area contributed by atoms with E-state index in [-0.39, 0.29) is 6.04 Å². The molecule has 42 heavy (non-hydrogen) atoms. The van der Waals surface area contributed by atoms with Crippen LogP contribution in [0.15, 0.2) is 140 Å². The Hall–Kier alpha value is -4.65. The summed E-state index contributed by atoms with van der Waals surface area (Å²) in [6.07, 6.45) is 4.26. The lowest BCUT2D eigenvalue weighted by atomic mass is 9.82. The van der Waals surface area contributed by atoms with Gasteiger partial charge in [-0.15, -0.1) is 0 Å². The number of hydrogen-bond acceptors (Lipinski definition) is 2. The molecule has 0 amide bonds. The minimum absolute atomic E-state index is 0.100. The lowest BCUT2D eigenvalue weighted by molar-refractivity contribution is 0.592. The fourth-order valence-corrected chi connectivity index (χ4v) is 9.38. The lowest BCUT2D eigenvalue weighted by Crippen LogP contribution is -2.28. The zero-order chi connectivity index (χ0) is 28.7. The molecule has 1 aliphatic rings. The van der Waals surface area contributed by atoms with Crippen LogP contribution in [-0.2, 0) is 4.57 Å². The lowest BCUT2D eigenvalue weighted by Gasteiger charge is -2.34. The Morgan fingerprint density at radius 3 is 1.88 bits per heavy atom. The second kappa shape index (κ2) is 10.6. The first-order valence-electron chi connectivity index (χ1n) is 14.5. The Labute approximate surface area is 247 Å². The van der Waals surface area contributed by atoms with Crippen molar-refractivity contribution in [2.24, 2.45) is 0 Å². The van der Waals surface area contributed by atoms with Crippen LogP contribution in [0.4, 0.5) is 5.69 Å². The Bertz CT molecular complexity index is 1950. The van der Waals surface area contributed by atoms with E-state index in [0.29, 0.717) is 0 Å². The Kier molecular flexibility index (Phi) is 6.65. The number of anilines is 1. The number of hydrogen-bond donors (Lipinski definition) is 1. The molecule has 2 nitrogen and oxygen atoms in total. The summed E-state index contributed by atoms with van der Waals surface area (Å²) < 4.78 is 15.7. The van der Waals surface area contributed by atoms with Crippen LogP contribution < -0.4 is 21.2 Å². The molecule has 0 fully saturated rings. The highest BCUT2D eigenvalue weighted by Crippen LogP contribution is 2.51. The third kappa shape index (κ3) is 4.14. The first-order valence-corrected chi connectivity index (χ1v) is 16.2. The zero-order valence-corrected chi connectivity index (χ0v) is 24.7. The molecule has 3 heteroatoms. The highest BCUT2D eigenvalue weighted by molar-refractivity contribution is 7.85. The maximum atomic E-state index is 15.7. The second-order valence-electron chi connectivity index (χ2n) is 10.9. The third-order valence-electron chi connectivity index (χ3n) is 8.49. The largest absolute Gasteiger partial charge is 0.373 e. The van der Waals surface area contributed by atoms with Gasteiger partial charge >= 0.3 is 0 Å². The maximum absolute atomic E-state index is 15.7. The molecule has 6 aromatic rings. The van der Waals surface area contributed by atoms with Crippen LogP contribution in [0.5, 0.6) is 0 Å². The summed E-state index contributed by atoms with van der Waals surface area (Å²) in [5.41, 5.74) is 8.30. The number of fused-ring (bicyclic) bond motifs is 5. The fraction of sp³-hybridized carbons (Fsp3) is 0.0769. The number of rotatable bonds is 5. The van der Waals surface area contributed by atoms with Crippen molar-refractivity contribution in [3.05, 3.63) is 162 Å². The van der Waals surface area contributed by atoms with Gasteiger partial charge in [0.1, 0.15) is 0 Å². The van der Waals surface area contributed by atoms with Gasteiger partial charge in [-0.3, -0.25) is 0 Å². The zero-order valence-electron chi connectivity index (χ0n) is 23.8. The highest BCUT2D eigenvalue weighted by atomic mass is 31.2. The fourth-order valence-electron chi connectivity index (χ4n) is 6.48. The minimum Gasteiger partial charge on any atom is -0.373 e. The van der Waals surface area contributed by atoms with Crippen LogP contribution in [0.3, 0.4) is 0 Å². The van der Waals surface area contributed by atoms with E-state index in [0.717, 1.165) is 37.9 Å². The first kappa shape index (κ1) is 26.3. The molecule has 1 N–H and O–H groups in total. The summed E-state index contributed by atoms with van der Waals surface area (Å²) in [4.78, 5) is 0. The van der Waals surface area contributed by atoms with Crippen molar-refractivity contribution in [3.8, 4) is 11.1 Å². The number of nitrogens with one attached hydrogen (secondary N) is 1. The Morgan fingerprint density at radius 2 is 1.26 bits per heavy atom. The molecule has 1 heterocycles. The van der Waals surface area contributed by atoms with Crippen LogP contribution in [0.2, 0.25) is 0 Å². The van der Waals surface area contributed by atoms with Crippen LogP contribution >= 0.6 is 7.14 Å². The Morgan fingerprint density at radius 1 is 0.690 bits per heavy atom. The summed E-state index contributed by atoms with van der Waals surface area (Å²) in [5, 5.41) is 8.65. The van der Waals surface area contributed by atoms with Gasteiger partial charge in [-0.2, -0.15) is 0 Å². The summed E-state index contributed by atoms with van der Waals surface area (Å²) in [5.74, 6) is 0. The summed E-state index contributed by atoms with van der Waals surface area (Å²) in [6, 6.07) is 45.7. The van der Waals surface area contributed by atoms with Gasteiger partial charge in [-0.05, 0) is 58.5 Å². The van der Waals surface area contributed by atoms with Gasteiger partial charge in [-0.1, -0.05) is 140 Å². The van der Waals surface area contributed by atoms with E-state index in [4.69, 9.17) is 0 Å². The molecule has 1 atom stereocenters. The molecule has 0 aliphatic carbocycles. The van der Waals surface area contributed by atoms with Crippen LogP contribution in [0.25, 0.3) is 28.0 Å². The predicted molar refractivity (Wildman–Crippen MR) is 180 cm³/mol. The molecule has 1 aliphatic heterocycles. The first-order chi connectivity index (χ1) is 20.6. The van der Waals surface area contributed by atoms with E-state index < -0.39 is 7.14 Å².